The summed E-state index contributed by atoms with van der Waals surface area (Å²) >= 11 is 0. The third-order valence-electron chi connectivity index (χ3n) is 4.01. The molecule has 2 aromatic rings. The van der Waals surface area contributed by atoms with Crippen molar-refractivity contribution < 1.29 is 4.74 Å². The molecule has 3 rings (SSSR count). The van der Waals surface area contributed by atoms with Crippen LogP contribution in [0.3, 0.4) is 0 Å². The van der Waals surface area contributed by atoms with E-state index in [1.54, 1.807) is 0 Å². The maximum Gasteiger partial charge on any atom is 0.212 e. The fourth-order valence-corrected chi connectivity index (χ4v) is 2.87. The van der Waals surface area contributed by atoms with Gasteiger partial charge in [-0.3, -0.25) is 0 Å². The van der Waals surface area contributed by atoms with Crippen molar-refractivity contribution in [3.8, 4) is 5.88 Å². The van der Waals surface area contributed by atoms with Crippen LogP contribution in [0.4, 0.5) is 0 Å². The molecule has 21 heavy (non-hydrogen) atoms. The predicted molar refractivity (Wildman–Crippen MR) is 83.6 cm³/mol. The minimum absolute atomic E-state index is 0.165. The van der Waals surface area contributed by atoms with Gasteiger partial charge in [0, 0.05) is 12.1 Å². The number of benzene rings is 1. The van der Waals surface area contributed by atoms with Gasteiger partial charge in [-0.05, 0) is 38.8 Å². The monoisotopic (exact) mass is 285 g/mol. The van der Waals surface area contributed by atoms with Crippen LogP contribution in [0, 0.1) is 6.92 Å². The summed E-state index contributed by atoms with van der Waals surface area (Å²) in [6, 6.07) is 12.8. The van der Waals surface area contributed by atoms with Crippen molar-refractivity contribution in [2.45, 2.75) is 45.4 Å². The van der Waals surface area contributed by atoms with Gasteiger partial charge in [0.25, 0.3) is 0 Å². The molecule has 0 spiro atoms. The van der Waals surface area contributed by atoms with Gasteiger partial charge in [0.1, 0.15) is 6.10 Å². The quantitative estimate of drug-likeness (QED) is 0.918. The zero-order chi connectivity index (χ0) is 14.7. The Morgan fingerprint density at radius 3 is 2.90 bits per heavy atom. The van der Waals surface area contributed by atoms with Crippen LogP contribution in [-0.4, -0.2) is 28.5 Å². The Hall–Kier alpha value is -1.81. The van der Waals surface area contributed by atoms with Crippen LogP contribution >= 0.6 is 0 Å². The van der Waals surface area contributed by atoms with E-state index >= 15 is 0 Å². The lowest BCUT2D eigenvalue weighted by molar-refractivity contribution is 0.164. The Kier molecular flexibility index (Phi) is 4.25. The third kappa shape index (κ3) is 3.45. The summed E-state index contributed by atoms with van der Waals surface area (Å²) in [5.41, 5.74) is 2.23. The van der Waals surface area contributed by atoms with Gasteiger partial charge in [-0.1, -0.05) is 30.3 Å². The van der Waals surface area contributed by atoms with E-state index < -0.39 is 0 Å². The normalized spacial score (nSPS) is 19.6. The molecule has 1 aliphatic rings. The lowest BCUT2D eigenvalue weighted by atomic mass is 10.1. The van der Waals surface area contributed by atoms with Crippen LogP contribution in [0.2, 0.25) is 0 Å². The van der Waals surface area contributed by atoms with Gasteiger partial charge in [0.15, 0.2) is 0 Å². The number of rotatable bonds is 5. The SMILES string of the molecule is Cc1cc(OC(C)C2CCCN2)n(Cc2ccccc2)n1. The van der Waals surface area contributed by atoms with Gasteiger partial charge in [0.05, 0.1) is 12.2 Å². The molecule has 1 aliphatic heterocycles. The lowest BCUT2D eigenvalue weighted by Gasteiger charge is -2.21. The summed E-state index contributed by atoms with van der Waals surface area (Å²) in [5, 5.41) is 8.05. The van der Waals surface area contributed by atoms with E-state index in [9.17, 15) is 0 Å². The summed E-state index contributed by atoms with van der Waals surface area (Å²) < 4.78 is 8.11. The lowest BCUT2D eigenvalue weighted by Crippen LogP contribution is -2.37. The first-order valence-corrected chi connectivity index (χ1v) is 7.71. The molecule has 0 bridgehead atoms. The molecule has 1 fully saturated rings. The Labute approximate surface area is 126 Å². The Balaban J connectivity index is 1.73. The second-order valence-corrected chi connectivity index (χ2v) is 5.79. The Morgan fingerprint density at radius 2 is 2.19 bits per heavy atom. The maximum atomic E-state index is 6.16. The van der Waals surface area contributed by atoms with Crippen LogP contribution in [0.25, 0.3) is 0 Å². The van der Waals surface area contributed by atoms with Crippen molar-refractivity contribution in [3.05, 3.63) is 47.7 Å². The van der Waals surface area contributed by atoms with E-state index in [1.807, 2.05) is 23.7 Å². The fourth-order valence-electron chi connectivity index (χ4n) is 2.87. The van der Waals surface area contributed by atoms with Crippen molar-refractivity contribution in [3.63, 3.8) is 0 Å². The second-order valence-electron chi connectivity index (χ2n) is 5.79. The van der Waals surface area contributed by atoms with Crippen LogP contribution in [-0.2, 0) is 6.54 Å². The Bertz CT molecular complexity index is 573. The first-order valence-electron chi connectivity index (χ1n) is 7.71. The van der Waals surface area contributed by atoms with E-state index in [1.165, 1.54) is 18.4 Å². The largest absolute Gasteiger partial charge is 0.473 e. The number of nitrogens with zero attached hydrogens (tertiary/aromatic N) is 2. The maximum absolute atomic E-state index is 6.16. The zero-order valence-corrected chi connectivity index (χ0v) is 12.7. The minimum atomic E-state index is 0.165. The summed E-state index contributed by atoms with van der Waals surface area (Å²) in [6.45, 7) is 5.99. The molecule has 1 aromatic heterocycles. The van der Waals surface area contributed by atoms with Crippen LogP contribution in [0.15, 0.2) is 36.4 Å². The molecule has 0 saturated carbocycles. The van der Waals surface area contributed by atoms with Crippen molar-refractivity contribution >= 4 is 0 Å². The average molecular weight is 285 g/mol. The summed E-state index contributed by atoms with van der Waals surface area (Å²) in [7, 11) is 0. The van der Waals surface area contributed by atoms with E-state index in [-0.39, 0.29) is 6.10 Å². The van der Waals surface area contributed by atoms with Crippen LogP contribution in [0.1, 0.15) is 31.0 Å². The number of ether oxygens (including phenoxy) is 1. The highest BCUT2D eigenvalue weighted by atomic mass is 16.5. The molecule has 4 heteroatoms. The first-order chi connectivity index (χ1) is 10.2. The summed E-state index contributed by atoms with van der Waals surface area (Å²) in [4.78, 5) is 0. The number of aryl methyl sites for hydroxylation is 1. The zero-order valence-electron chi connectivity index (χ0n) is 12.7. The highest BCUT2D eigenvalue weighted by Gasteiger charge is 2.23. The van der Waals surface area contributed by atoms with E-state index in [0.29, 0.717) is 6.04 Å². The number of hydrogen-bond donors (Lipinski definition) is 1. The fraction of sp³-hybridized carbons (Fsp3) is 0.471. The predicted octanol–water partition coefficient (Wildman–Crippen LogP) is 2.76. The van der Waals surface area contributed by atoms with Gasteiger partial charge < -0.3 is 10.1 Å². The van der Waals surface area contributed by atoms with Gasteiger partial charge in [-0.2, -0.15) is 5.10 Å². The highest BCUT2D eigenvalue weighted by Crippen LogP contribution is 2.20. The van der Waals surface area contributed by atoms with E-state index in [0.717, 1.165) is 24.7 Å². The smallest absolute Gasteiger partial charge is 0.212 e. The van der Waals surface area contributed by atoms with Crippen LogP contribution in [0.5, 0.6) is 5.88 Å². The molecule has 0 amide bonds. The standard InChI is InChI=1S/C17H23N3O/c1-13-11-17(21-14(2)16-9-6-10-18-16)20(19-13)12-15-7-4-3-5-8-15/h3-5,7-8,11,14,16,18H,6,9-10,12H2,1-2H3. The second kappa shape index (κ2) is 6.31. The van der Waals surface area contributed by atoms with Gasteiger partial charge in [0.2, 0.25) is 5.88 Å². The topological polar surface area (TPSA) is 39.1 Å². The third-order valence-corrected chi connectivity index (χ3v) is 4.01. The number of hydrogen-bond acceptors (Lipinski definition) is 3. The first kappa shape index (κ1) is 14.1. The number of nitrogens with one attached hydrogen (secondary N) is 1. The molecule has 1 N–H and O–H groups in total. The molecular weight excluding hydrogens is 262 g/mol. The molecule has 112 valence electrons. The molecule has 2 heterocycles. The summed E-state index contributed by atoms with van der Waals surface area (Å²) in [5.74, 6) is 0.859. The van der Waals surface area contributed by atoms with Crippen molar-refractivity contribution in [1.29, 1.82) is 0 Å². The molecular formula is C17H23N3O. The van der Waals surface area contributed by atoms with Gasteiger partial charge >= 0.3 is 0 Å². The molecule has 0 radical (unpaired) electrons. The van der Waals surface area contributed by atoms with E-state index in [4.69, 9.17) is 4.74 Å². The molecule has 2 unspecified atom stereocenters. The molecule has 2 atom stereocenters. The molecule has 1 aromatic carbocycles. The van der Waals surface area contributed by atoms with E-state index in [2.05, 4.69) is 41.6 Å². The van der Waals surface area contributed by atoms with Gasteiger partial charge in [-0.25, -0.2) is 4.68 Å². The van der Waals surface area contributed by atoms with Crippen LogP contribution < -0.4 is 10.1 Å². The Morgan fingerprint density at radius 1 is 1.38 bits per heavy atom. The van der Waals surface area contributed by atoms with Gasteiger partial charge in [-0.15, -0.1) is 0 Å². The minimum Gasteiger partial charge on any atom is -0.473 e. The molecule has 1 saturated heterocycles. The number of aromatic nitrogens is 2. The highest BCUT2D eigenvalue weighted by molar-refractivity contribution is 5.20. The van der Waals surface area contributed by atoms with Crippen molar-refractivity contribution in [1.82, 2.24) is 15.1 Å². The van der Waals surface area contributed by atoms with Crippen molar-refractivity contribution in [2.24, 2.45) is 0 Å². The summed E-state index contributed by atoms with van der Waals surface area (Å²) in [6.07, 6.45) is 2.59. The molecule has 0 aliphatic carbocycles. The van der Waals surface area contributed by atoms with Crippen molar-refractivity contribution in [2.75, 3.05) is 6.54 Å². The average Bonchev–Trinajstić information content (AvgIpc) is 3.11. The molecule has 4 nitrogen and oxygen atoms in total.